The summed E-state index contributed by atoms with van der Waals surface area (Å²) in [5, 5.41) is 5.32. The van der Waals surface area contributed by atoms with Gasteiger partial charge in [-0.25, -0.2) is 4.98 Å². The van der Waals surface area contributed by atoms with Crippen molar-refractivity contribution in [2.75, 3.05) is 6.54 Å². The second-order valence-corrected chi connectivity index (χ2v) is 8.49. The van der Waals surface area contributed by atoms with Gasteiger partial charge in [0.1, 0.15) is 5.01 Å². The van der Waals surface area contributed by atoms with Crippen molar-refractivity contribution in [2.45, 2.75) is 76.7 Å². The molecule has 0 radical (unpaired) electrons. The largest absolute Gasteiger partial charge is 0.306 e. The molecule has 4 rings (SSSR count). The Balaban J connectivity index is 1.64. The molecule has 0 aromatic carbocycles. The number of nitrogens with one attached hydrogen (secondary N) is 1. The second kappa shape index (κ2) is 5.66. The maximum atomic E-state index is 5.14. The Morgan fingerprint density at radius 3 is 2.76 bits per heavy atom. The first-order chi connectivity index (χ1) is 10.3. The lowest BCUT2D eigenvalue weighted by Crippen LogP contribution is -2.46. The summed E-state index contributed by atoms with van der Waals surface area (Å²) in [6, 6.07) is 0. The highest BCUT2D eigenvalue weighted by Gasteiger charge is 2.44. The van der Waals surface area contributed by atoms with E-state index in [1.54, 1.807) is 4.88 Å². The molecule has 3 aliphatic rings. The van der Waals surface area contributed by atoms with Gasteiger partial charge in [-0.15, -0.1) is 11.3 Å². The average molecular weight is 305 g/mol. The molecule has 2 fully saturated rings. The Bertz CT molecular complexity index is 478. The van der Waals surface area contributed by atoms with Gasteiger partial charge in [0, 0.05) is 4.88 Å². The molecule has 0 spiro atoms. The van der Waals surface area contributed by atoms with Crippen LogP contribution in [0.25, 0.3) is 0 Å². The minimum Gasteiger partial charge on any atom is -0.306 e. The lowest BCUT2D eigenvalue weighted by molar-refractivity contribution is 0.166. The number of hydrogen-bond acceptors (Lipinski definition) is 3. The quantitative estimate of drug-likeness (QED) is 0.890. The van der Waals surface area contributed by atoms with Gasteiger partial charge in [0.05, 0.1) is 11.2 Å². The molecule has 21 heavy (non-hydrogen) atoms. The van der Waals surface area contributed by atoms with Crippen molar-refractivity contribution in [3.05, 3.63) is 15.6 Å². The zero-order chi connectivity index (χ0) is 14.3. The van der Waals surface area contributed by atoms with E-state index in [1.807, 2.05) is 11.3 Å². The van der Waals surface area contributed by atoms with Gasteiger partial charge in [-0.2, -0.15) is 0 Å². The summed E-state index contributed by atoms with van der Waals surface area (Å²) in [6.07, 6.45) is 13.7. The molecule has 2 atom stereocenters. The predicted molar refractivity (Wildman–Crippen MR) is 88.8 cm³/mol. The summed E-state index contributed by atoms with van der Waals surface area (Å²) >= 11 is 2.04. The Labute approximate surface area is 132 Å². The number of fused-ring (bicyclic) bond motifs is 1. The third kappa shape index (κ3) is 2.68. The average Bonchev–Trinajstić information content (AvgIpc) is 3.26. The van der Waals surface area contributed by atoms with Gasteiger partial charge in [0.15, 0.2) is 0 Å². The van der Waals surface area contributed by atoms with E-state index >= 15 is 0 Å². The first kappa shape index (κ1) is 14.2. The van der Waals surface area contributed by atoms with E-state index in [0.717, 1.165) is 18.4 Å². The van der Waals surface area contributed by atoms with Gasteiger partial charge in [-0.05, 0) is 69.7 Å². The van der Waals surface area contributed by atoms with Gasteiger partial charge in [-0.1, -0.05) is 19.8 Å². The van der Waals surface area contributed by atoms with Crippen LogP contribution >= 0.6 is 11.3 Å². The van der Waals surface area contributed by atoms with Crippen LogP contribution in [0.5, 0.6) is 0 Å². The van der Waals surface area contributed by atoms with Crippen LogP contribution in [0, 0.1) is 11.8 Å². The number of aryl methyl sites for hydroxylation is 2. The van der Waals surface area contributed by atoms with Crippen LogP contribution in [0.15, 0.2) is 0 Å². The van der Waals surface area contributed by atoms with Crippen molar-refractivity contribution in [1.82, 2.24) is 10.3 Å². The zero-order valence-corrected chi connectivity index (χ0v) is 14.1. The van der Waals surface area contributed by atoms with E-state index in [9.17, 15) is 0 Å². The van der Waals surface area contributed by atoms with Gasteiger partial charge < -0.3 is 5.32 Å². The Morgan fingerprint density at radius 2 is 2.00 bits per heavy atom. The zero-order valence-electron chi connectivity index (χ0n) is 13.3. The van der Waals surface area contributed by atoms with Crippen molar-refractivity contribution in [3.8, 4) is 0 Å². The maximum Gasteiger partial charge on any atom is 0.113 e. The minimum absolute atomic E-state index is 0.211. The highest BCUT2D eigenvalue weighted by molar-refractivity contribution is 7.11. The van der Waals surface area contributed by atoms with E-state index in [1.165, 1.54) is 74.9 Å². The van der Waals surface area contributed by atoms with Crippen LogP contribution in [0.2, 0.25) is 0 Å². The molecule has 116 valence electrons. The molecule has 0 saturated heterocycles. The minimum atomic E-state index is 0.211. The molecule has 1 heterocycles. The molecule has 3 aliphatic carbocycles. The molecular weight excluding hydrogens is 276 g/mol. The van der Waals surface area contributed by atoms with E-state index in [2.05, 4.69) is 12.2 Å². The normalized spacial score (nSPS) is 32.9. The van der Waals surface area contributed by atoms with E-state index in [-0.39, 0.29) is 5.54 Å². The Kier molecular flexibility index (Phi) is 3.83. The summed E-state index contributed by atoms with van der Waals surface area (Å²) in [6.45, 7) is 3.33. The number of rotatable bonds is 4. The van der Waals surface area contributed by atoms with Crippen LogP contribution in [0.1, 0.15) is 73.9 Å². The van der Waals surface area contributed by atoms with Crippen LogP contribution in [-0.4, -0.2) is 11.5 Å². The molecule has 1 aromatic rings. The van der Waals surface area contributed by atoms with Crippen molar-refractivity contribution < 1.29 is 0 Å². The van der Waals surface area contributed by atoms with Gasteiger partial charge >= 0.3 is 0 Å². The Hall–Kier alpha value is -0.410. The van der Waals surface area contributed by atoms with Crippen molar-refractivity contribution in [2.24, 2.45) is 11.8 Å². The van der Waals surface area contributed by atoms with Crippen LogP contribution in [-0.2, 0) is 18.4 Å². The SMILES string of the molecule is CCNC1(c2nc3c(s2)CCCC3)CCCC(C2CC2)C1. The fourth-order valence-electron chi connectivity index (χ4n) is 4.61. The van der Waals surface area contributed by atoms with Crippen LogP contribution < -0.4 is 5.32 Å². The summed E-state index contributed by atoms with van der Waals surface area (Å²) in [5.74, 6) is 2.00. The van der Waals surface area contributed by atoms with Gasteiger partial charge in [-0.3, -0.25) is 0 Å². The smallest absolute Gasteiger partial charge is 0.113 e. The molecule has 3 heteroatoms. The highest BCUT2D eigenvalue weighted by atomic mass is 32.1. The summed E-state index contributed by atoms with van der Waals surface area (Å²) in [5.41, 5.74) is 1.65. The number of thiazole rings is 1. The monoisotopic (exact) mass is 304 g/mol. The molecule has 2 saturated carbocycles. The second-order valence-electron chi connectivity index (χ2n) is 7.40. The Morgan fingerprint density at radius 1 is 1.14 bits per heavy atom. The standard InChI is InChI=1S/C18H28N2S/c1-2-19-18(11-5-6-14(12-18)13-9-10-13)17-20-15-7-3-4-8-16(15)21-17/h13-14,19H,2-12H2,1H3. The number of nitrogens with zero attached hydrogens (tertiary/aromatic N) is 1. The predicted octanol–water partition coefficient (Wildman–Crippen LogP) is 4.43. The third-order valence-electron chi connectivity index (χ3n) is 5.85. The molecule has 0 amide bonds. The molecule has 1 N–H and O–H groups in total. The van der Waals surface area contributed by atoms with Gasteiger partial charge in [0.25, 0.3) is 0 Å². The van der Waals surface area contributed by atoms with E-state index in [4.69, 9.17) is 4.98 Å². The van der Waals surface area contributed by atoms with Crippen LogP contribution in [0.3, 0.4) is 0 Å². The lowest BCUT2D eigenvalue weighted by Gasteiger charge is -2.40. The van der Waals surface area contributed by atoms with Crippen LogP contribution in [0.4, 0.5) is 0 Å². The fourth-order valence-corrected chi connectivity index (χ4v) is 5.97. The molecule has 0 bridgehead atoms. The molecular formula is C18H28N2S. The van der Waals surface area contributed by atoms with E-state index in [0.29, 0.717) is 0 Å². The molecule has 1 aromatic heterocycles. The number of hydrogen-bond donors (Lipinski definition) is 1. The van der Waals surface area contributed by atoms with Crippen molar-refractivity contribution >= 4 is 11.3 Å². The van der Waals surface area contributed by atoms with Gasteiger partial charge in [0.2, 0.25) is 0 Å². The molecule has 2 unspecified atom stereocenters. The van der Waals surface area contributed by atoms with Crippen molar-refractivity contribution in [1.29, 1.82) is 0 Å². The summed E-state index contributed by atoms with van der Waals surface area (Å²) in [7, 11) is 0. The fraction of sp³-hybridized carbons (Fsp3) is 0.833. The maximum absolute atomic E-state index is 5.14. The number of aromatic nitrogens is 1. The molecule has 0 aliphatic heterocycles. The summed E-state index contributed by atoms with van der Waals surface area (Å²) < 4.78 is 0. The lowest BCUT2D eigenvalue weighted by atomic mass is 9.74. The first-order valence-electron chi connectivity index (χ1n) is 9.05. The molecule has 2 nitrogen and oxygen atoms in total. The van der Waals surface area contributed by atoms with Crippen molar-refractivity contribution in [3.63, 3.8) is 0 Å². The highest BCUT2D eigenvalue weighted by Crippen LogP contribution is 2.50. The third-order valence-corrected chi connectivity index (χ3v) is 7.21. The first-order valence-corrected chi connectivity index (χ1v) is 9.86. The topological polar surface area (TPSA) is 24.9 Å². The van der Waals surface area contributed by atoms with E-state index < -0.39 is 0 Å². The summed E-state index contributed by atoms with van der Waals surface area (Å²) in [4.78, 5) is 6.73.